The van der Waals surface area contributed by atoms with E-state index in [1.165, 1.54) is 6.07 Å². The van der Waals surface area contributed by atoms with Crippen LogP contribution >= 0.6 is 0 Å². The van der Waals surface area contributed by atoms with E-state index in [0.29, 0.717) is 11.3 Å². The Morgan fingerprint density at radius 3 is 3.00 bits per heavy atom. The Balaban J connectivity index is 2.42. The largest absolute Gasteiger partial charge is 0.492 e. The van der Waals surface area contributed by atoms with Gasteiger partial charge in [0.15, 0.2) is 0 Å². The summed E-state index contributed by atoms with van der Waals surface area (Å²) in [5.74, 6) is -0.912. The number of carbonyl (C=O) groups is 1. The number of hydrogen-bond acceptors (Lipinski definition) is 2. The number of rotatable bonds is 1. The predicted molar refractivity (Wildman–Crippen MR) is 51.3 cm³/mol. The van der Waals surface area contributed by atoms with Crippen LogP contribution < -0.4 is 4.74 Å². The first-order valence-corrected chi connectivity index (χ1v) is 4.66. The zero-order chi connectivity index (χ0) is 11.1. The van der Waals surface area contributed by atoms with Gasteiger partial charge in [0.25, 0.3) is 0 Å². The minimum absolute atomic E-state index is 0.0821. The standard InChI is InChI=1S/C11H11FO3/c1-11(10(13)14)5-7-8(12)3-2-4-9(7)15-6-11/h2-4H,5-6H2,1H3,(H,13,14). The van der Waals surface area contributed by atoms with E-state index in [9.17, 15) is 9.18 Å². The van der Waals surface area contributed by atoms with Crippen molar-refractivity contribution in [2.75, 3.05) is 6.61 Å². The molecule has 0 radical (unpaired) electrons. The summed E-state index contributed by atoms with van der Waals surface area (Å²) in [6.45, 7) is 1.64. The van der Waals surface area contributed by atoms with Gasteiger partial charge in [-0.2, -0.15) is 0 Å². The molecule has 4 heteroatoms. The molecule has 1 aromatic carbocycles. The Labute approximate surface area is 86.5 Å². The molecular weight excluding hydrogens is 199 g/mol. The van der Waals surface area contributed by atoms with Crippen molar-refractivity contribution in [3.63, 3.8) is 0 Å². The van der Waals surface area contributed by atoms with E-state index >= 15 is 0 Å². The summed E-state index contributed by atoms with van der Waals surface area (Å²) in [4.78, 5) is 11.0. The van der Waals surface area contributed by atoms with E-state index in [-0.39, 0.29) is 13.0 Å². The molecule has 1 atom stereocenters. The van der Waals surface area contributed by atoms with Crippen molar-refractivity contribution in [3.8, 4) is 5.75 Å². The molecule has 0 bridgehead atoms. The molecule has 3 nitrogen and oxygen atoms in total. The lowest BCUT2D eigenvalue weighted by atomic mass is 9.82. The molecule has 0 aliphatic carbocycles. The second kappa shape index (κ2) is 3.22. The van der Waals surface area contributed by atoms with Gasteiger partial charge in [0.2, 0.25) is 0 Å². The third-order valence-corrected chi connectivity index (χ3v) is 2.71. The molecule has 0 saturated carbocycles. The third-order valence-electron chi connectivity index (χ3n) is 2.71. The summed E-state index contributed by atoms with van der Waals surface area (Å²) < 4.78 is 18.7. The predicted octanol–water partition coefficient (Wildman–Crippen LogP) is 1.85. The van der Waals surface area contributed by atoms with Gasteiger partial charge in [0.05, 0.1) is 0 Å². The SMILES string of the molecule is CC1(C(=O)O)COc2cccc(F)c2C1. The van der Waals surface area contributed by atoms with E-state index in [4.69, 9.17) is 9.84 Å². The van der Waals surface area contributed by atoms with Crippen LogP contribution in [0.2, 0.25) is 0 Å². The van der Waals surface area contributed by atoms with Crippen molar-refractivity contribution in [1.29, 1.82) is 0 Å². The van der Waals surface area contributed by atoms with Crippen molar-refractivity contribution in [2.45, 2.75) is 13.3 Å². The fraction of sp³-hybridized carbons (Fsp3) is 0.364. The van der Waals surface area contributed by atoms with Gasteiger partial charge in [-0.3, -0.25) is 4.79 Å². The number of benzene rings is 1. The summed E-state index contributed by atoms with van der Waals surface area (Å²) in [5, 5.41) is 9.01. The first-order valence-electron chi connectivity index (χ1n) is 4.66. The highest BCUT2D eigenvalue weighted by Gasteiger charge is 2.39. The Bertz CT molecular complexity index is 416. The second-order valence-electron chi connectivity index (χ2n) is 4.05. The van der Waals surface area contributed by atoms with Gasteiger partial charge in [-0.1, -0.05) is 6.07 Å². The molecule has 1 aliphatic heterocycles. The lowest BCUT2D eigenvalue weighted by Gasteiger charge is -2.31. The highest BCUT2D eigenvalue weighted by molar-refractivity contribution is 5.75. The summed E-state index contributed by atoms with van der Waals surface area (Å²) in [6, 6.07) is 4.52. The first kappa shape index (κ1) is 9.96. The minimum atomic E-state index is -1.03. The number of halogens is 1. The maximum atomic E-state index is 13.4. The normalized spacial score (nSPS) is 24.1. The van der Waals surface area contributed by atoms with Crippen molar-refractivity contribution < 1.29 is 19.0 Å². The van der Waals surface area contributed by atoms with Gasteiger partial charge in [0, 0.05) is 5.56 Å². The zero-order valence-electron chi connectivity index (χ0n) is 8.29. The second-order valence-corrected chi connectivity index (χ2v) is 4.05. The Kier molecular flexibility index (Phi) is 2.14. The molecule has 1 aromatic rings. The summed E-state index contributed by atoms with van der Waals surface area (Å²) in [5.41, 5.74) is -0.677. The van der Waals surface area contributed by atoms with E-state index < -0.39 is 17.2 Å². The lowest BCUT2D eigenvalue weighted by Crippen LogP contribution is -2.39. The first-order chi connectivity index (χ1) is 7.03. The van der Waals surface area contributed by atoms with Crippen molar-refractivity contribution in [2.24, 2.45) is 5.41 Å². The van der Waals surface area contributed by atoms with Crippen molar-refractivity contribution in [1.82, 2.24) is 0 Å². The number of carboxylic acid groups (broad SMARTS) is 1. The van der Waals surface area contributed by atoms with Crippen LogP contribution in [0.15, 0.2) is 18.2 Å². The van der Waals surface area contributed by atoms with Gasteiger partial charge in [-0.15, -0.1) is 0 Å². The monoisotopic (exact) mass is 210 g/mol. The molecule has 0 fully saturated rings. The highest BCUT2D eigenvalue weighted by atomic mass is 19.1. The third kappa shape index (κ3) is 1.56. The van der Waals surface area contributed by atoms with Gasteiger partial charge in [0.1, 0.15) is 23.6 Å². The number of carboxylic acids is 1. The molecule has 1 unspecified atom stereocenters. The molecule has 1 heterocycles. The Morgan fingerprint density at radius 1 is 1.60 bits per heavy atom. The molecule has 0 amide bonds. The summed E-state index contributed by atoms with van der Waals surface area (Å²) in [6.07, 6.45) is 0.171. The van der Waals surface area contributed by atoms with Crippen LogP contribution in [0.1, 0.15) is 12.5 Å². The van der Waals surface area contributed by atoms with Crippen LogP contribution in [0.3, 0.4) is 0 Å². The quantitative estimate of drug-likeness (QED) is 0.769. The average molecular weight is 210 g/mol. The number of hydrogen-bond donors (Lipinski definition) is 1. The van der Waals surface area contributed by atoms with Crippen LogP contribution in [0.4, 0.5) is 4.39 Å². The maximum absolute atomic E-state index is 13.4. The van der Waals surface area contributed by atoms with Crippen LogP contribution in [0.5, 0.6) is 5.75 Å². The van der Waals surface area contributed by atoms with Gasteiger partial charge < -0.3 is 9.84 Å². The molecule has 0 saturated heterocycles. The summed E-state index contributed by atoms with van der Waals surface area (Å²) in [7, 11) is 0. The molecule has 0 spiro atoms. The number of fused-ring (bicyclic) bond motifs is 1. The lowest BCUT2D eigenvalue weighted by molar-refractivity contribution is -0.150. The highest BCUT2D eigenvalue weighted by Crippen LogP contribution is 2.35. The van der Waals surface area contributed by atoms with Crippen LogP contribution in [0.25, 0.3) is 0 Å². The topological polar surface area (TPSA) is 46.5 Å². The van der Waals surface area contributed by atoms with Gasteiger partial charge in [-0.05, 0) is 25.5 Å². The molecule has 1 N–H and O–H groups in total. The van der Waals surface area contributed by atoms with E-state index in [1.54, 1.807) is 19.1 Å². The van der Waals surface area contributed by atoms with Crippen molar-refractivity contribution in [3.05, 3.63) is 29.6 Å². The fourth-order valence-electron chi connectivity index (χ4n) is 1.66. The van der Waals surface area contributed by atoms with Crippen LogP contribution in [-0.4, -0.2) is 17.7 Å². The van der Waals surface area contributed by atoms with Gasteiger partial charge in [-0.25, -0.2) is 4.39 Å². The van der Waals surface area contributed by atoms with Crippen molar-refractivity contribution >= 4 is 5.97 Å². The maximum Gasteiger partial charge on any atom is 0.313 e. The van der Waals surface area contributed by atoms with E-state index in [1.807, 2.05) is 0 Å². The Morgan fingerprint density at radius 2 is 2.33 bits per heavy atom. The Hall–Kier alpha value is -1.58. The van der Waals surface area contributed by atoms with Crippen LogP contribution in [0, 0.1) is 11.2 Å². The molecule has 2 rings (SSSR count). The van der Waals surface area contributed by atoms with Gasteiger partial charge >= 0.3 is 5.97 Å². The fourth-order valence-corrected chi connectivity index (χ4v) is 1.66. The smallest absolute Gasteiger partial charge is 0.313 e. The molecule has 80 valence electrons. The minimum Gasteiger partial charge on any atom is -0.492 e. The van der Waals surface area contributed by atoms with Crippen LogP contribution in [-0.2, 0) is 11.2 Å². The van der Waals surface area contributed by atoms with E-state index in [2.05, 4.69) is 0 Å². The van der Waals surface area contributed by atoms with E-state index in [0.717, 1.165) is 0 Å². The number of ether oxygens (including phenoxy) is 1. The molecular formula is C11H11FO3. The number of aliphatic carboxylic acids is 1. The average Bonchev–Trinajstić information content (AvgIpc) is 2.19. The molecule has 1 aliphatic rings. The molecule has 15 heavy (non-hydrogen) atoms. The molecule has 0 aromatic heterocycles. The zero-order valence-corrected chi connectivity index (χ0v) is 8.29. The summed E-state index contributed by atoms with van der Waals surface area (Å²) >= 11 is 0.